The summed E-state index contributed by atoms with van der Waals surface area (Å²) in [5, 5.41) is 14.0. The number of nitrogens with zero attached hydrogens (tertiary/aromatic N) is 2. The molecular formula is C24H18BrN5O3. The summed E-state index contributed by atoms with van der Waals surface area (Å²) in [5.41, 5.74) is 3.41. The summed E-state index contributed by atoms with van der Waals surface area (Å²) < 4.78 is 0.920. The molecule has 0 aliphatic rings. The molecule has 0 aliphatic carbocycles. The van der Waals surface area contributed by atoms with E-state index in [-0.39, 0.29) is 5.69 Å². The van der Waals surface area contributed by atoms with Crippen LogP contribution in [0.5, 0.6) is 0 Å². The van der Waals surface area contributed by atoms with Gasteiger partial charge >= 0.3 is 0 Å². The second kappa shape index (κ2) is 10.0. The van der Waals surface area contributed by atoms with E-state index < -0.39 is 23.4 Å². The maximum Gasteiger partial charge on any atom is 0.272 e. The molecule has 2 amide bonds. The van der Waals surface area contributed by atoms with Crippen LogP contribution in [-0.2, 0) is 4.79 Å². The summed E-state index contributed by atoms with van der Waals surface area (Å²) in [5.74, 6) is -1.08. The first-order valence-electron chi connectivity index (χ1n) is 9.94. The molecule has 4 rings (SSSR count). The molecular weight excluding hydrogens is 486 g/mol. The van der Waals surface area contributed by atoms with Gasteiger partial charge in [-0.25, -0.2) is 10.5 Å². The summed E-state index contributed by atoms with van der Waals surface area (Å²) >= 11 is 3.36. The maximum absolute atomic E-state index is 13.1. The van der Waals surface area contributed by atoms with E-state index in [0.29, 0.717) is 16.3 Å². The quantitative estimate of drug-likeness (QED) is 0.276. The van der Waals surface area contributed by atoms with E-state index in [0.717, 1.165) is 10.0 Å². The van der Waals surface area contributed by atoms with Crippen molar-refractivity contribution in [2.24, 2.45) is 5.10 Å². The minimum atomic E-state index is -1.21. The van der Waals surface area contributed by atoms with Gasteiger partial charge in [0.1, 0.15) is 5.69 Å². The topological polar surface area (TPSA) is 116 Å². The average Bonchev–Trinajstić information content (AvgIpc) is 2.85. The highest BCUT2D eigenvalue weighted by atomic mass is 79.9. The Morgan fingerprint density at radius 2 is 1.61 bits per heavy atom. The van der Waals surface area contributed by atoms with Crippen molar-refractivity contribution in [3.05, 3.63) is 111 Å². The molecule has 0 saturated carbocycles. The van der Waals surface area contributed by atoms with Crippen LogP contribution in [0.25, 0.3) is 10.8 Å². The number of amides is 2. The van der Waals surface area contributed by atoms with Crippen molar-refractivity contribution in [2.75, 3.05) is 0 Å². The van der Waals surface area contributed by atoms with Crippen LogP contribution in [0.4, 0.5) is 0 Å². The van der Waals surface area contributed by atoms with Crippen LogP contribution < -0.4 is 16.3 Å². The zero-order valence-corrected chi connectivity index (χ0v) is 18.7. The molecule has 1 heterocycles. The minimum absolute atomic E-state index is 0.200. The van der Waals surface area contributed by atoms with Crippen LogP contribution in [0.3, 0.4) is 0 Å². The van der Waals surface area contributed by atoms with E-state index in [1.807, 2.05) is 24.3 Å². The molecule has 9 heteroatoms. The highest BCUT2D eigenvalue weighted by Gasteiger charge is 2.27. The number of halogens is 1. The molecule has 0 saturated heterocycles. The number of nitrogens with one attached hydrogen (secondary N) is 3. The molecule has 0 spiro atoms. The zero-order chi connectivity index (χ0) is 23.2. The molecule has 0 radical (unpaired) electrons. The van der Waals surface area contributed by atoms with Gasteiger partial charge in [-0.3, -0.25) is 14.4 Å². The van der Waals surface area contributed by atoms with Gasteiger partial charge in [0.2, 0.25) is 0 Å². The molecule has 1 unspecified atom stereocenters. The molecule has 33 heavy (non-hydrogen) atoms. The molecule has 3 aromatic carbocycles. The minimum Gasteiger partial charge on any atom is -0.335 e. The van der Waals surface area contributed by atoms with Gasteiger partial charge in [0.25, 0.3) is 17.4 Å². The van der Waals surface area contributed by atoms with Crippen LogP contribution in [0.15, 0.2) is 93.2 Å². The fourth-order valence-electron chi connectivity index (χ4n) is 3.20. The Balaban J connectivity index is 1.66. The third-order valence-electron chi connectivity index (χ3n) is 4.83. The van der Waals surface area contributed by atoms with Crippen LogP contribution >= 0.6 is 15.9 Å². The molecule has 3 N–H and O–H groups in total. The number of hydrazone groups is 1. The first kappa shape index (κ1) is 22.1. The monoisotopic (exact) mass is 503 g/mol. The lowest BCUT2D eigenvalue weighted by Gasteiger charge is -2.18. The lowest BCUT2D eigenvalue weighted by molar-refractivity contribution is -0.123. The summed E-state index contributed by atoms with van der Waals surface area (Å²) in [6.07, 6.45) is 1.48. The number of aromatic nitrogens is 2. The first-order chi connectivity index (χ1) is 16.0. The molecule has 0 fully saturated rings. The third-order valence-corrected chi connectivity index (χ3v) is 5.36. The number of hydrogen-bond acceptors (Lipinski definition) is 5. The van der Waals surface area contributed by atoms with Crippen molar-refractivity contribution in [3.63, 3.8) is 0 Å². The van der Waals surface area contributed by atoms with E-state index >= 15 is 0 Å². The Labute approximate surface area is 196 Å². The summed E-state index contributed by atoms with van der Waals surface area (Å²) in [6, 6.07) is 21.4. The smallest absolute Gasteiger partial charge is 0.272 e. The Kier molecular flexibility index (Phi) is 6.70. The standard InChI is InChI=1S/C24H18BrN5O3/c25-17-12-10-15(11-13-17)14-26-29-24(33)21(27-22(31)16-6-2-1-3-7-16)20-18-8-4-5-9-19(18)23(32)30-28-20/h1-14,21H,(H,27,31)(H,29,33)(H,30,32). The Morgan fingerprint density at radius 3 is 2.33 bits per heavy atom. The second-order valence-corrected chi connectivity index (χ2v) is 7.96. The Hall–Kier alpha value is -4.11. The number of hydrogen-bond donors (Lipinski definition) is 3. The Bertz CT molecular complexity index is 1380. The van der Waals surface area contributed by atoms with Gasteiger partial charge in [0, 0.05) is 15.4 Å². The molecule has 1 aromatic heterocycles. The third kappa shape index (κ3) is 5.21. The number of rotatable bonds is 6. The van der Waals surface area contributed by atoms with Crippen molar-refractivity contribution in [2.45, 2.75) is 6.04 Å². The van der Waals surface area contributed by atoms with E-state index in [1.165, 1.54) is 6.21 Å². The number of H-pyrrole nitrogens is 1. The van der Waals surface area contributed by atoms with E-state index in [1.54, 1.807) is 54.6 Å². The fraction of sp³-hybridized carbons (Fsp3) is 0.0417. The number of aromatic amines is 1. The molecule has 0 aliphatic heterocycles. The van der Waals surface area contributed by atoms with Gasteiger partial charge in [-0.1, -0.05) is 64.5 Å². The predicted octanol–water partition coefficient (Wildman–Crippen LogP) is 3.31. The molecule has 4 aromatic rings. The summed E-state index contributed by atoms with van der Waals surface area (Å²) in [6.45, 7) is 0. The highest BCUT2D eigenvalue weighted by Crippen LogP contribution is 2.20. The number of carbonyl (C=O) groups is 2. The van der Waals surface area contributed by atoms with E-state index in [4.69, 9.17) is 0 Å². The van der Waals surface area contributed by atoms with E-state index in [9.17, 15) is 14.4 Å². The van der Waals surface area contributed by atoms with E-state index in [2.05, 4.69) is 42.0 Å². The lowest BCUT2D eigenvalue weighted by Crippen LogP contribution is -2.40. The number of carbonyl (C=O) groups excluding carboxylic acids is 2. The fourth-order valence-corrected chi connectivity index (χ4v) is 3.47. The average molecular weight is 504 g/mol. The number of fused-ring (bicyclic) bond motifs is 1. The Morgan fingerprint density at radius 1 is 0.939 bits per heavy atom. The van der Waals surface area contributed by atoms with Gasteiger partial charge in [0.15, 0.2) is 6.04 Å². The number of benzene rings is 3. The van der Waals surface area contributed by atoms with Crippen molar-refractivity contribution < 1.29 is 9.59 Å². The molecule has 8 nitrogen and oxygen atoms in total. The summed E-state index contributed by atoms with van der Waals surface area (Å²) in [4.78, 5) is 38.1. The van der Waals surface area contributed by atoms with Crippen LogP contribution in [0.2, 0.25) is 0 Å². The van der Waals surface area contributed by atoms with Gasteiger partial charge in [-0.15, -0.1) is 0 Å². The highest BCUT2D eigenvalue weighted by molar-refractivity contribution is 9.10. The van der Waals surface area contributed by atoms with Crippen molar-refractivity contribution in [1.29, 1.82) is 0 Å². The van der Waals surface area contributed by atoms with Crippen LogP contribution in [0.1, 0.15) is 27.7 Å². The van der Waals surface area contributed by atoms with Crippen molar-refractivity contribution in [1.82, 2.24) is 20.9 Å². The normalized spacial score (nSPS) is 11.9. The van der Waals surface area contributed by atoms with Crippen LogP contribution in [-0.4, -0.2) is 28.2 Å². The van der Waals surface area contributed by atoms with Crippen molar-refractivity contribution in [3.8, 4) is 0 Å². The zero-order valence-electron chi connectivity index (χ0n) is 17.2. The van der Waals surface area contributed by atoms with Gasteiger partial charge in [-0.05, 0) is 35.9 Å². The molecule has 0 bridgehead atoms. The lowest BCUT2D eigenvalue weighted by atomic mass is 10.0. The predicted molar refractivity (Wildman–Crippen MR) is 129 cm³/mol. The maximum atomic E-state index is 13.1. The second-order valence-electron chi connectivity index (χ2n) is 7.04. The molecule has 164 valence electrons. The largest absolute Gasteiger partial charge is 0.335 e. The SMILES string of the molecule is O=C(NC(C(=O)NN=Cc1ccc(Br)cc1)c1n[nH]c(=O)c2ccccc12)c1ccccc1. The molecule has 1 atom stereocenters. The first-order valence-corrected chi connectivity index (χ1v) is 10.7. The van der Waals surface area contributed by atoms with Gasteiger partial charge < -0.3 is 5.32 Å². The van der Waals surface area contributed by atoms with Crippen LogP contribution in [0, 0.1) is 0 Å². The van der Waals surface area contributed by atoms with Crippen molar-refractivity contribution >= 4 is 44.7 Å². The summed E-state index contributed by atoms with van der Waals surface area (Å²) in [7, 11) is 0. The van der Waals surface area contributed by atoms with Gasteiger partial charge in [-0.2, -0.15) is 10.2 Å². The van der Waals surface area contributed by atoms with Gasteiger partial charge in [0.05, 0.1) is 11.6 Å².